The van der Waals surface area contributed by atoms with Gasteiger partial charge in [-0.1, -0.05) is 0 Å². The van der Waals surface area contributed by atoms with Gasteiger partial charge < -0.3 is 4.74 Å². The predicted octanol–water partition coefficient (Wildman–Crippen LogP) is 1.94. The quantitative estimate of drug-likeness (QED) is 0.732. The maximum atomic E-state index is 12.0. The van der Waals surface area contributed by atoms with Crippen LogP contribution in [0.1, 0.15) is 5.69 Å². The molecule has 2 aromatic heterocycles. The van der Waals surface area contributed by atoms with Crippen molar-refractivity contribution in [3.63, 3.8) is 0 Å². The van der Waals surface area contributed by atoms with Crippen LogP contribution in [0.3, 0.4) is 0 Å². The number of aryl methyl sites for hydroxylation is 1. The zero-order valence-corrected chi connectivity index (χ0v) is 7.62. The summed E-state index contributed by atoms with van der Waals surface area (Å²) in [5.74, 6) is -0.443. The van der Waals surface area contributed by atoms with Gasteiger partial charge in [0.1, 0.15) is 0 Å². The minimum Gasteiger partial charge on any atom is -0.386 e. The van der Waals surface area contributed by atoms with Crippen LogP contribution in [0.4, 0.5) is 13.2 Å². The number of halogens is 3. The molecule has 15 heavy (non-hydrogen) atoms. The van der Waals surface area contributed by atoms with Gasteiger partial charge in [0.15, 0.2) is 5.65 Å². The lowest BCUT2D eigenvalue weighted by Gasteiger charge is -2.06. The molecule has 0 aliphatic rings. The number of alkyl halides is 3. The normalized spacial score (nSPS) is 12.0. The van der Waals surface area contributed by atoms with Crippen LogP contribution in [0.5, 0.6) is 5.88 Å². The molecule has 0 unspecified atom stereocenters. The maximum Gasteiger partial charge on any atom is 0.574 e. The molecule has 0 aliphatic heterocycles. The van der Waals surface area contributed by atoms with E-state index in [0.29, 0.717) is 11.3 Å². The van der Waals surface area contributed by atoms with Crippen molar-refractivity contribution in [2.24, 2.45) is 0 Å². The smallest absolute Gasteiger partial charge is 0.386 e. The fourth-order valence-electron chi connectivity index (χ4n) is 1.13. The molecule has 0 spiro atoms. The van der Waals surface area contributed by atoms with Crippen molar-refractivity contribution < 1.29 is 17.9 Å². The Labute approximate surface area is 82.3 Å². The molecule has 0 bridgehead atoms. The molecule has 0 fully saturated rings. The Balaban J connectivity index is 2.48. The maximum absolute atomic E-state index is 12.0. The Kier molecular flexibility index (Phi) is 2.02. The van der Waals surface area contributed by atoms with E-state index in [-0.39, 0.29) is 0 Å². The molecule has 0 saturated carbocycles. The van der Waals surface area contributed by atoms with E-state index >= 15 is 0 Å². The van der Waals surface area contributed by atoms with Crippen molar-refractivity contribution in [3.05, 3.63) is 24.0 Å². The third kappa shape index (κ3) is 2.00. The summed E-state index contributed by atoms with van der Waals surface area (Å²) in [4.78, 5) is 3.72. The van der Waals surface area contributed by atoms with Crippen molar-refractivity contribution in [1.29, 1.82) is 0 Å². The molecular weight excluding hydrogens is 211 g/mol. The summed E-state index contributed by atoms with van der Waals surface area (Å²) in [6.07, 6.45) is -3.75. The van der Waals surface area contributed by atoms with Crippen molar-refractivity contribution in [1.82, 2.24) is 14.6 Å². The molecule has 80 valence electrons. The van der Waals surface area contributed by atoms with Crippen LogP contribution in [-0.2, 0) is 0 Å². The van der Waals surface area contributed by atoms with Gasteiger partial charge in [0.2, 0.25) is 5.88 Å². The Morgan fingerprint density at radius 2 is 2.07 bits per heavy atom. The molecule has 2 rings (SSSR count). The highest BCUT2D eigenvalue weighted by molar-refractivity contribution is 5.40. The van der Waals surface area contributed by atoms with Gasteiger partial charge in [0.25, 0.3) is 0 Å². The first kappa shape index (κ1) is 9.75. The van der Waals surface area contributed by atoms with Crippen molar-refractivity contribution in [3.8, 4) is 5.88 Å². The molecule has 0 amide bonds. The number of aromatic nitrogens is 3. The number of imidazole rings is 1. The van der Waals surface area contributed by atoms with E-state index in [1.165, 1.54) is 0 Å². The summed E-state index contributed by atoms with van der Waals surface area (Å²) >= 11 is 0. The number of rotatable bonds is 1. The van der Waals surface area contributed by atoms with Crippen molar-refractivity contribution in [2.45, 2.75) is 13.3 Å². The highest BCUT2D eigenvalue weighted by atomic mass is 19.4. The fraction of sp³-hybridized carbons (Fsp3) is 0.250. The lowest BCUT2D eigenvalue weighted by atomic mass is 10.4. The zero-order chi connectivity index (χ0) is 11.1. The van der Waals surface area contributed by atoms with Gasteiger partial charge in [-0.2, -0.15) is 9.61 Å². The van der Waals surface area contributed by atoms with Gasteiger partial charge in [-0.15, -0.1) is 13.2 Å². The summed E-state index contributed by atoms with van der Waals surface area (Å²) in [6, 6.07) is 3.21. The van der Waals surface area contributed by atoms with Crippen LogP contribution < -0.4 is 4.74 Å². The van der Waals surface area contributed by atoms with Crippen LogP contribution >= 0.6 is 0 Å². The number of fused-ring (bicyclic) bond motifs is 1. The van der Waals surface area contributed by atoms with Crippen molar-refractivity contribution in [2.75, 3.05) is 0 Å². The average molecular weight is 217 g/mol. The molecule has 2 heterocycles. The van der Waals surface area contributed by atoms with Crippen LogP contribution in [-0.4, -0.2) is 21.0 Å². The van der Waals surface area contributed by atoms with E-state index in [4.69, 9.17) is 0 Å². The third-order valence-corrected chi connectivity index (χ3v) is 1.68. The SMILES string of the molecule is Cc1ccc2ncc(OC(F)(F)F)n2n1. The predicted molar refractivity (Wildman–Crippen MR) is 44.4 cm³/mol. The van der Waals surface area contributed by atoms with Gasteiger partial charge in [0.05, 0.1) is 11.9 Å². The Morgan fingerprint density at radius 1 is 1.33 bits per heavy atom. The van der Waals surface area contributed by atoms with E-state index in [1.807, 2.05) is 0 Å². The molecule has 0 N–H and O–H groups in total. The molecule has 7 heteroatoms. The molecule has 0 aliphatic carbocycles. The fourth-order valence-corrected chi connectivity index (χ4v) is 1.13. The summed E-state index contributed by atoms with van der Waals surface area (Å²) in [5.41, 5.74) is 0.882. The van der Waals surface area contributed by atoms with Gasteiger partial charge in [-0.3, -0.25) is 0 Å². The first-order valence-corrected chi connectivity index (χ1v) is 4.03. The van der Waals surface area contributed by atoms with Crippen LogP contribution in [0.15, 0.2) is 18.3 Å². The van der Waals surface area contributed by atoms with E-state index in [9.17, 15) is 13.2 Å². The van der Waals surface area contributed by atoms with Crippen LogP contribution in [0, 0.1) is 6.92 Å². The van der Waals surface area contributed by atoms with Crippen LogP contribution in [0.25, 0.3) is 5.65 Å². The zero-order valence-electron chi connectivity index (χ0n) is 7.62. The van der Waals surface area contributed by atoms with E-state index in [2.05, 4.69) is 14.8 Å². The summed E-state index contributed by atoms with van der Waals surface area (Å²) in [6.45, 7) is 1.66. The number of hydrogen-bond acceptors (Lipinski definition) is 3. The summed E-state index contributed by atoms with van der Waals surface area (Å²) in [7, 11) is 0. The number of ether oxygens (including phenoxy) is 1. The van der Waals surface area contributed by atoms with Crippen LogP contribution in [0.2, 0.25) is 0 Å². The summed E-state index contributed by atoms with van der Waals surface area (Å²) < 4.78 is 40.6. The Hall–Kier alpha value is -1.79. The van der Waals surface area contributed by atoms with E-state index in [1.54, 1.807) is 19.1 Å². The van der Waals surface area contributed by atoms with Gasteiger partial charge >= 0.3 is 6.36 Å². The number of hydrogen-bond donors (Lipinski definition) is 0. The topological polar surface area (TPSA) is 39.4 Å². The van der Waals surface area contributed by atoms with E-state index < -0.39 is 12.2 Å². The second-order valence-electron chi connectivity index (χ2n) is 2.89. The Bertz CT molecular complexity index is 491. The molecule has 0 atom stereocenters. The van der Waals surface area contributed by atoms with Gasteiger partial charge in [-0.05, 0) is 19.1 Å². The molecule has 2 aromatic rings. The Morgan fingerprint density at radius 3 is 2.73 bits per heavy atom. The van der Waals surface area contributed by atoms with Crippen molar-refractivity contribution >= 4 is 5.65 Å². The lowest BCUT2D eigenvalue weighted by Crippen LogP contribution is -2.18. The highest BCUT2D eigenvalue weighted by Crippen LogP contribution is 2.22. The second kappa shape index (κ2) is 3.11. The minimum atomic E-state index is -4.73. The first-order valence-electron chi connectivity index (χ1n) is 4.03. The standard InChI is InChI=1S/C8H6F3N3O/c1-5-2-3-6-12-4-7(14(6)13-5)15-8(9,10)11/h2-4H,1H3. The molecule has 0 aromatic carbocycles. The van der Waals surface area contributed by atoms with Gasteiger partial charge in [-0.25, -0.2) is 4.98 Å². The molecule has 0 radical (unpaired) electrons. The molecule has 4 nitrogen and oxygen atoms in total. The first-order chi connectivity index (χ1) is 6.96. The largest absolute Gasteiger partial charge is 0.574 e. The highest BCUT2D eigenvalue weighted by Gasteiger charge is 2.32. The molecule has 0 saturated heterocycles. The summed E-state index contributed by atoms with van der Waals surface area (Å²) in [5, 5.41) is 3.85. The monoisotopic (exact) mass is 217 g/mol. The lowest BCUT2D eigenvalue weighted by molar-refractivity contribution is -0.276. The van der Waals surface area contributed by atoms with E-state index in [0.717, 1.165) is 10.7 Å². The molecular formula is C8H6F3N3O. The second-order valence-corrected chi connectivity index (χ2v) is 2.89. The van der Waals surface area contributed by atoms with Gasteiger partial charge in [0, 0.05) is 0 Å². The third-order valence-electron chi connectivity index (χ3n) is 1.68. The average Bonchev–Trinajstić information content (AvgIpc) is 2.46. The minimum absolute atomic E-state index is 0.305. The number of nitrogens with zero attached hydrogens (tertiary/aromatic N) is 3.